The van der Waals surface area contributed by atoms with Crippen LogP contribution in [-0.2, 0) is 17.9 Å². The van der Waals surface area contributed by atoms with Gasteiger partial charge >= 0.3 is 5.69 Å². The highest BCUT2D eigenvalue weighted by molar-refractivity contribution is 6.03. The van der Waals surface area contributed by atoms with Crippen LogP contribution in [0.15, 0.2) is 46.0 Å². The number of amides is 1. The number of nitrogen functional groups attached to an aromatic ring is 1. The summed E-state index contributed by atoms with van der Waals surface area (Å²) in [7, 11) is 0. The smallest absolute Gasteiger partial charge is 0.332 e. The molecule has 0 aliphatic rings. The number of nitrogens with one attached hydrogen (secondary N) is 1. The number of hydrogen-bond acceptors (Lipinski definition) is 4. The van der Waals surface area contributed by atoms with Crippen molar-refractivity contribution >= 4 is 23.5 Å². The number of carbonyl (C=O) groups excluding carboxylic acids is 1. The second-order valence-corrected chi connectivity index (χ2v) is 5.88. The third-order valence-electron chi connectivity index (χ3n) is 3.84. The zero-order chi connectivity index (χ0) is 19.1. The zero-order valence-electron chi connectivity index (χ0n) is 15.1. The Morgan fingerprint density at radius 2 is 1.69 bits per heavy atom. The van der Waals surface area contributed by atoms with Crippen molar-refractivity contribution in [2.75, 3.05) is 11.1 Å². The first-order valence-corrected chi connectivity index (χ1v) is 8.66. The van der Waals surface area contributed by atoms with Gasteiger partial charge in [-0.25, -0.2) is 4.79 Å². The number of nitrogens with zero attached hydrogens (tertiary/aromatic N) is 2. The van der Waals surface area contributed by atoms with Crippen LogP contribution in [0.25, 0.3) is 6.08 Å². The van der Waals surface area contributed by atoms with Crippen molar-refractivity contribution in [2.24, 2.45) is 0 Å². The molecule has 0 spiro atoms. The van der Waals surface area contributed by atoms with Crippen LogP contribution in [0, 0.1) is 0 Å². The summed E-state index contributed by atoms with van der Waals surface area (Å²) in [6, 6.07) is 9.31. The maximum Gasteiger partial charge on any atom is 0.332 e. The number of nitrogens with two attached hydrogens (primary N) is 1. The van der Waals surface area contributed by atoms with Crippen molar-refractivity contribution in [3.8, 4) is 0 Å². The highest BCUT2D eigenvalue weighted by atomic mass is 16.2. The third-order valence-corrected chi connectivity index (χ3v) is 3.84. The van der Waals surface area contributed by atoms with E-state index in [1.165, 1.54) is 10.6 Å². The predicted molar refractivity (Wildman–Crippen MR) is 104 cm³/mol. The largest absolute Gasteiger partial charge is 0.383 e. The minimum atomic E-state index is -0.580. The van der Waals surface area contributed by atoms with Crippen LogP contribution in [0.3, 0.4) is 0 Å². The van der Waals surface area contributed by atoms with E-state index < -0.39 is 17.2 Å². The minimum absolute atomic E-state index is 0.0179. The van der Waals surface area contributed by atoms with E-state index in [1.807, 2.05) is 44.2 Å². The van der Waals surface area contributed by atoms with Crippen LogP contribution in [-0.4, -0.2) is 15.0 Å². The van der Waals surface area contributed by atoms with E-state index in [-0.39, 0.29) is 18.1 Å². The van der Waals surface area contributed by atoms with Crippen LogP contribution in [0.4, 0.5) is 11.5 Å². The molecule has 0 unspecified atom stereocenters. The van der Waals surface area contributed by atoms with E-state index in [0.29, 0.717) is 19.4 Å². The summed E-state index contributed by atoms with van der Waals surface area (Å²) < 4.78 is 2.44. The molecule has 0 saturated heterocycles. The molecule has 0 radical (unpaired) electrons. The normalized spacial score (nSPS) is 11.0. The van der Waals surface area contributed by atoms with Gasteiger partial charge in [0, 0.05) is 19.2 Å². The van der Waals surface area contributed by atoms with Gasteiger partial charge in [-0.05, 0) is 24.5 Å². The highest BCUT2D eigenvalue weighted by Crippen LogP contribution is 2.12. The number of rotatable bonds is 7. The maximum atomic E-state index is 12.6. The second kappa shape index (κ2) is 8.84. The quantitative estimate of drug-likeness (QED) is 0.742. The molecule has 3 N–H and O–H groups in total. The Hall–Kier alpha value is -3.09. The molecule has 0 fully saturated rings. The van der Waals surface area contributed by atoms with E-state index in [9.17, 15) is 14.4 Å². The van der Waals surface area contributed by atoms with Gasteiger partial charge in [-0.3, -0.25) is 18.7 Å². The molecule has 1 amide bonds. The average Bonchev–Trinajstić information content (AvgIpc) is 2.65. The lowest BCUT2D eigenvalue weighted by molar-refractivity contribution is -0.111. The molecule has 7 nitrogen and oxygen atoms in total. The van der Waals surface area contributed by atoms with Gasteiger partial charge in [0.15, 0.2) is 0 Å². The highest BCUT2D eigenvalue weighted by Gasteiger charge is 2.17. The van der Waals surface area contributed by atoms with Crippen LogP contribution in [0.1, 0.15) is 32.3 Å². The second-order valence-electron chi connectivity index (χ2n) is 5.88. The maximum absolute atomic E-state index is 12.6. The van der Waals surface area contributed by atoms with E-state index in [1.54, 1.807) is 6.08 Å². The molecule has 138 valence electrons. The fourth-order valence-corrected chi connectivity index (χ4v) is 2.59. The Bertz CT molecular complexity index is 911. The van der Waals surface area contributed by atoms with Gasteiger partial charge in [-0.2, -0.15) is 0 Å². The summed E-state index contributed by atoms with van der Waals surface area (Å²) in [6.45, 7) is 4.41. The monoisotopic (exact) mass is 356 g/mol. The van der Waals surface area contributed by atoms with E-state index >= 15 is 0 Å². The predicted octanol–water partition coefficient (Wildman–Crippen LogP) is 2.06. The van der Waals surface area contributed by atoms with Gasteiger partial charge in [-0.15, -0.1) is 0 Å². The first-order valence-electron chi connectivity index (χ1n) is 8.66. The molecule has 0 aliphatic carbocycles. The molecule has 2 rings (SSSR count). The fourth-order valence-electron chi connectivity index (χ4n) is 2.59. The van der Waals surface area contributed by atoms with Crippen molar-refractivity contribution < 1.29 is 4.79 Å². The SMILES string of the molecule is CCCn1c(N)c(NC(=O)/C=C/c2ccccc2)c(=O)n(CCC)c1=O. The lowest BCUT2D eigenvalue weighted by Crippen LogP contribution is -2.42. The van der Waals surface area contributed by atoms with Crippen LogP contribution in [0.5, 0.6) is 0 Å². The zero-order valence-corrected chi connectivity index (χ0v) is 15.1. The molecule has 0 saturated carbocycles. The van der Waals surface area contributed by atoms with Crippen molar-refractivity contribution in [2.45, 2.75) is 39.8 Å². The minimum Gasteiger partial charge on any atom is -0.383 e. The lowest BCUT2D eigenvalue weighted by atomic mass is 10.2. The molecule has 26 heavy (non-hydrogen) atoms. The lowest BCUT2D eigenvalue weighted by Gasteiger charge is -2.16. The number of carbonyl (C=O) groups is 1. The summed E-state index contributed by atoms with van der Waals surface area (Å²) >= 11 is 0. The van der Waals surface area contributed by atoms with Gasteiger partial charge in [0.1, 0.15) is 11.5 Å². The topological polar surface area (TPSA) is 99.1 Å². The van der Waals surface area contributed by atoms with E-state index in [0.717, 1.165) is 10.1 Å². The molecule has 2 aromatic rings. The average molecular weight is 356 g/mol. The van der Waals surface area contributed by atoms with Gasteiger partial charge < -0.3 is 11.1 Å². The Kier molecular flexibility index (Phi) is 6.54. The number of anilines is 2. The number of benzene rings is 1. The van der Waals surface area contributed by atoms with Gasteiger partial charge in [0.2, 0.25) is 5.91 Å². The summed E-state index contributed by atoms with van der Waals surface area (Å²) in [6.07, 6.45) is 4.26. The molecule has 0 aliphatic heterocycles. The van der Waals surface area contributed by atoms with Crippen LogP contribution >= 0.6 is 0 Å². The van der Waals surface area contributed by atoms with E-state index in [4.69, 9.17) is 5.73 Å². The molecule has 1 aromatic heterocycles. The van der Waals surface area contributed by atoms with Gasteiger partial charge in [0.25, 0.3) is 5.56 Å². The van der Waals surface area contributed by atoms with Crippen molar-refractivity contribution in [3.63, 3.8) is 0 Å². The number of aromatic nitrogens is 2. The van der Waals surface area contributed by atoms with Gasteiger partial charge in [0.05, 0.1) is 0 Å². The molecule has 1 heterocycles. The standard InChI is InChI=1S/C19H24N4O3/c1-3-12-22-17(20)16(18(25)23(13-4-2)19(22)26)21-15(24)11-10-14-8-6-5-7-9-14/h5-11H,3-4,12-13,20H2,1-2H3,(H,21,24)/b11-10+. The Balaban J connectivity index is 2.38. The Morgan fingerprint density at radius 1 is 1.08 bits per heavy atom. The molecular formula is C19H24N4O3. The molecule has 7 heteroatoms. The van der Waals surface area contributed by atoms with Crippen LogP contribution < -0.4 is 22.3 Å². The van der Waals surface area contributed by atoms with Crippen LogP contribution in [0.2, 0.25) is 0 Å². The molecule has 1 aromatic carbocycles. The summed E-state index contributed by atoms with van der Waals surface area (Å²) in [5.74, 6) is -0.502. The summed E-state index contributed by atoms with van der Waals surface area (Å²) in [5, 5.41) is 2.53. The Morgan fingerprint density at radius 3 is 2.31 bits per heavy atom. The number of hydrogen-bond donors (Lipinski definition) is 2. The Labute approximate surface area is 151 Å². The summed E-state index contributed by atoms with van der Waals surface area (Å²) in [4.78, 5) is 37.3. The van der Waals surface area contributed by atoms with Crippen molar-refractivity contribution in [1.29, 1.82) is 0 Å². The first-order chi connectivity index (χ1) is 12.5. The van der Waals surface area contributed by atoms with Gasteiger partial charge in [-0.1, -0.05) is 44.2 Å². The fraction of sp³-hybridized carbons (Fsp3) is 0.316. The van der Waals surface area contributed by atoms with Crippen molar-refractivity contribution in [1.82, 2.24) is 9.13 Å². The summed E-state index contributed by atoms with van der Waals surface area (Å²) in [5.41, 5.74) is 5.77. The molecule has 0 atom stereocenters. The van der Waals surface area contributed by atoms with E-state index in [2.05, 4.69) is 5.32 Å². The molecule has 0 bridgehead atoms. The first kappa shape index (κ1) is 19.2. The third kappa shape index (κ3) is 4.30. The van der Waals surface area contributed by atoms with Crippen molar-refractivity contribution in [3.05, 3.63) is 62.8 Å². The molecular weight excluding hydrogens is 332 g/mol.